The summed E-state index contributed by atoms with van der Waals surface area (Å²) in [5.41, 5.74) is 1.89. The van der Waals surface area contributed by atoms with E-state index in [9.17, 15) is 4.79 Å². The summed E-state index contributed by atoms with van der Waals surface area (Å²) < 4.78 is 17.4. The fourth-order valence-corrected chi connectivity index (χ4v) is 4.44. The first-order valence-electron chi connectivity index (χ1n) is 14.8. The third-order valence-corrected chi connectivity index (χ3v) is 6.80. The summed E-state index contributed by atoms with van der Waals surface area (Å²) in [7, 11) is 0. The molecule has 0 N–H and O–H groups in total. The molecule has 0 atom stereocenters. The standard InChI is InChI=1S/C35H40N2O4/c1-3-5-7-8-12-26-40-29-19-15-27(16-20-29)35(38)41-34-24-23-33(31-13-9-10-14-32(31)34)37-36-28-17-21-30(22-18-28)39-25-11-6-4-2/h9-10,13-24H,3-8,11-12,25-26H2,1-2H3. The first kappa shape index (κ1) is 29.8. The fourth-order valence-electron chi connectivity index (χ4n) is 4.44. The van der Waals surface area contributed by atoms with Crippen LogP contribution in [0.1, 0.15) is 75.6 Å². The van der Waals surface area contributed by atoms with Crippen LogP contribution < -0.4 is 14.2 Å². The molecule has 0 saturated heterocycles. The second-order valence-corrected chi connectivity index (χ2v) is 10.1. The topological polar surface area (TPSA) is 69.5 Å². The molecular formula is C35H40N2O4. The van der Waals surface area contributed by atoms with Gasteiger partial charge in [-0.3, -0.25) is 0 Å². The van der Waals surface area contributed by atoms with E-state index in [-0.39, 0.29) is 0 Å². The van der Waals surface area contributed by atoms with Crippen LogP contribution in [0, 0.1) is 0 Å². The lowest BCUT2D eigenvalue weighted by Gasteiger charge is -2.10. The SMILES string of the molecule is CCCCCCCOc1ccc(C(=O)Oc2ccc(N=Nc3ccc(OCCCCC)cc3)c3ccccc23)cc1. The number of fused-ring (bicyclic) bond motifs is 1. The van der Waals surface area contributed by atoms with Crippen LogP contribution in [0.15, 0.2) is 95.2 Å². The van der Waals surface area contributed by atoms with Crippen molar-refractivity contribution in [2.45, 2.75) is 65.2 Å². The van der Waals surface area contributed by atoms with E-state index in [1.807, 2.05) is 66.7 Å². The zero-order chi connectivity index (χ0) is 28.7. The molecule has 4 rings (SSSR count). The Morgan fingerprint density at radius 1 is 0.610 bits per heavy atom. The van der Waals surface area contributed by atoms with E-state index in [4.69, 9.17) is 14.2 Å². The summed E-state index contributed by atoms with van der Waals surface area (Å²) in [6.07, 6.45) is 9.34. The van der Waals surface area contributed by atoms with Gasteiger partial charge in [0.2, 0.25) is 0 Å². The predicted molar refractivity (Wildman–Crippen MR) is 165 cm³/mol. The van der Waals surface area contributed by atoms with Crippen molar-refractivity contribution in [2.75, 3.05) is 13.2 Å². The van der Waals surface area contributed by atoms with Crippen LogP contribution in [0.5, 0.6) is 17.2 Å². The Morgan fingerprint density at radius 2 is 1.20 bits per heavy atom. The van der Waals surface area contributed by atoms with Gasteiger partial charge in [0.15, 0.2) is 0 Å². The predicted octanol–water partition coefficient (Wildman–Crippen LogP) is 10.4. The summed E-state index contributed by atoms with van der Waals surface area (Å²) in [5, 5.41) is 10.5. The quantitative estimate of drug-likeness (QED) is 0.0600. The van der Waals surface area contributed by atoms with Gasteiger partial charge < -0.3 is 14.2 Å². The van der Waals surface area contributed by atoms with Crippen molar-refractivity contribution in [2.24, 2.45) is 10.2 Å². The molecule has 0 heterocycles. The minimum Gasteiger partial charge on any atom is -0.494 e. The van der Waals surface area contributed by atoms with Crippen LogP contribution in [0.2, 0.25) is 0 Å². The Bertz CT molecular complexity index is 1400. The Balaban J connectivity index is 1.37. The summed E-state index contributed by atoms with van der Waals surface area (Å²) in [5.74, 6) is 1.64. The molecule has 0 unspecified atom stereocenters. The number of esters is 1. The average Bonchev–Trinajstić information content (AvgIpc) is 3.01. The first-order valence-corrected chi connectivity index (χ1v) is 14.8. The second-order valence-electron chi connectivity index (χ2n) is 10.1. The smallest absolute Gasteiger partial charge is 0.343 e. The molecule has 0 aliphatic rings. The Hall–Kier alpha value is -4.19. The van der Waals surface area contributed by atoms with E-state index in [0.717, 1.165) is 47.4 Å². The monoisotopic (exact) mass is 552 g/mol. The van der Waals surface area contributed by atoms with Crippen molar-refractivity contribution >= 4 is 28.1 Å². The molecular weight excluding hydrogens is 512 g/mol. The lowest BCUT2D eigenvalue weighted by atomic mass is 10.1. The Labute approximate surface area is 243 Å². The number of hydrogen-bond acceptors (Lipinski definition) is 6. The van der Waals surface area contributed by atoms with Gasteiger partial charge in [-0.2, -0.15) is 5.11 Å². The van der Waals surface area contributed by atoms with Crippen molar-refractivity contribution < 1.29 is 19.0 Å². The van der Waals surface area contributed by atoms with E-state index >= 15 is 0 Å². The van der Waals surface area contributed by atoms with Crippen LogP contribution in [0.4, 0.5) is 11.4 Å². The van der Waals surface area contributed by atoms with E-state index in [1.54, 1.807) is 18.2 Å². The number of carbonyl (C=O) groups is 1. The summed E-state index contributed by atoms with van der Waals surface area (Å²) in [4.78, 5) is 12.9. The highest BCUT2D eigenvalue weighted by Crippen LogP contribution is 2.35. The lowest BCUT2D eigenvalue weighted by molar-refractivity contribution is 0.0737. The summed E-state index contributed by atoms with van der Waals surface area (Å²) in [6.45, 7) is 5.79. The largest absolute Gasteiger partial charge is 0.494 e. The van der Waals surface area contributed by atoms with E-state index in [1.165, 1.54) is 38.5 Å². The van der Waals surface area contributed by atoms with E-state index in [0.29, 0.717) is 23.6 Å². The molecule has 6 heteroatoms. The van der Waals surface area contributed by atoms with Gasteiger partial charge >= 0.3 is 5.97 Å². The minimum atomic E-state index is -0.423. The van der Waals surface area contributed by atoms with Crippen molar-refractivity contribution in [1.29, 1.82) is 0 Å². The number of carbonyl (C=O) groups excluding carboxylic acids is 1. The third-order valence-electron chi connectivity index (χ3n) is 6.80. The molecule has 41 heavy (non-hydrogen) atoms. The Kier molecular flexibility index (Phi) is 11.7. The molecule has 214 valence electrons. The highest BCUT2D eigenvalue weighted by molar-refractivity contribution is 5.99. The van der Waals surface area contributed by atoms with Gasteiger partial charge in [0.05, 0.1) is 30.2 Å². The number of rotatable bonds is 16. The summed E-state index contributed by atoms with van der Waals surface area (Å²) >= 11 is 0. The molecule has 0 radical (unpaired) electrons. The lowest BCUT2D eigenvalue weighted by Crippen LogP contribution is -2.08. The first-order chi connectivity index (χ1) is 20.2. The van der Waals surface area contributed by atoms with Gasteiger partial charge in [-0.15, -0.1) is 5.11 Å². The van der Waals surface area contributed by atoms with Crippen molar-refractivity contribution in [1.82, 2.24) is 0 Å². The molecule has 6 nitrogen and oxygen atoms in total. The van der Waals surface area contributed by atoms with Gasteiger partial charge in [-0.05, 0) is 73.5 Å². The maximum atomic E-state index is 12.9. The van der Waals surface area contributed by atoms with Crippen LogP contribution in [0.3, 0.4) is 0 Å². The van der Waals surface area contributed by atoms with Crippen molar-refractivity contribution in [3.8, 4) is 17.2 Å². The van der Waals surface area contributed by atoms with Gasteiger partial charge in [-0.1, -0.05) is 76.6 Å². The number of nitrogens with zero attached hydrogens (tertiary/aromatic N) is 2. The summed E-state index contributed by atoms with van der Waals surface area (Å²) in [6, 6.07) is 26.0. The number of hydrogen-bond donors (Lipinski definition) is 0. The van der Waals surface area contributed by atoms with Crippen molar-refractivity contribution in [3.05, 3.63) is 90.5 Å². The van der Waals surface area contributed by atoms with Crippen LogP contribution in [0.25, 0.3) is 10.8 Å². The minimum absolute atomic E-state index is 0.423. The van der Waals surface area contributed by atoms with E-state index < -0.39 is 5.97 Å². The number of azo groups is 1. The molecule has 4 aromatic carbocycles. The zero-order valence-electron chi connectivity index (χ0n) is 24.2. The maximum absolute atomic E-state index is 12.9. The van der Waals surface area contributed by atoms with Gasteiger partial charge in [0, 0.05) is 10.8 Å². The molecule has 0 fully saturated rings. The van der Waals surface area contributed by atoms with Crippen molar-refractivity contribution in [3.63, 3.8) is 0 Å². The molecule has 0 saturated carbocycles. The molecule has 0 bridgehead atoms. The van der Waals surface area contributed by atoms with Gasteiger partial charge in [-0.25, -0.2) is 4.79 Å². The second kappa shape index (κ2) is 16.2. The maximum Gasteiger partial charge on any atom is 0.343 e. The number of ether oxygens (including phenoxy) is 3. The number of benzene rings is 4. The highest BCUT2D eigenvalue weighted by Gasteiger charge is 2.13. The molecule has 0 aliphatic carbocycles. The average molecular weight is 553 g/mol. The molecule has 0 spiro atoms. The molecule has 0 amide bonds. The van der Waals surface area contributed by atoms with Gasteiger partial charge in [0.1, 0.15) is 17.2 Å². The van der Waals surface area contributed by atoms with Crippen LogP contribution >= 0.6 is 0 Å². The molecule has 0 aliphatic heterocycles. The number of unbranched alkanes of at least 4 members (excludes halogenated alkanes) is 6. The fraction of sp³-hybridized carbons (Fsp3) is 0.343. The Morgan fingerprint density at radius 3 is 1.88 bits per heavy atom. The van der Waals surface area contributed by atoms with E-state index in [2.05, 4.69) is 24.1 Å². The zero-order valence-corrected chi connectivity index (χ0v) is 24.2. The van der Waals surface area contributed by atoms with Crippen LogP contribution in [-0.2, 0) is 0 Å². The van der Waals surface area contributed by atoms with Gasteiger partial charge in [0.25, 0.3) is 0 Å². The third kappa shape index (κ3) is 9.17. The molecule has 0 aromatic heterocycles. The normalized spacial score (nSPS) is 11.2. The molecule has 4 aromatic rings. The van der Waals surface area contributed by atoms with Crippen LogP contribution in [-0.4, -0.2) is 19.2 Å². The highest BCUT2D eigenvalue weighted by atomic mass is 16.5.